The lowest BCUT2D eigenvalue weighted by molar-refractivity contribution is 0.0515. The Morgan fingerprint density at radius 2 is 1.20 bits per heavy atom. The topological polar surface area (TPSA) is 149 Å². The lowest BCUT2D eigenvalue weighted by Crippen LogP contribution is -2.43. The summed E-state index contributed by atoms with van der Waals surface area (Å²) < 4.78 is 20.2. The average molecular weight is 727 g/mol. The number of benzene rings is 2. The van der Waals surface area contributed by atoms with Gasteiger partial charge in [0.2, 0.25) is 5.28 Å². The number of esters is 2. The first-order valence-corrected chi connectivity index (χ1v) is 16.7. The van der Waals surface area contributed by atoms with Gasteiger partial charge in [-0.2, -0.15) is 0 Å². The number of carbonyl (C=O) groups excluding carboxylic acids is 2. The van der Waals surface area contributed by atoms with Gasteiger partial charge in [0.05, 0.1) is 38.6 Å². The van der Waals surface area contributed by atoms with Gasteiger partial charge in [-0.3, -0.25) is 0 Å². The number of ether oxygens (including phenoxy) is 4. The molecular weight excluding hydrogens is 681 g/mol. The van der Waals surface area contributed by atoms with Gasteiger partial charge in [0, 0.05) is 42.2 Å². The second kappa shape index (κ2) is 19.2. The molecule has 0 bridgehead atoms. The van der Waals surface area contributed by atoms with E-state index in [-0.39, 0.29) is 34.6 Å². The van der Waals surface area contributed by atoms with E-state index in [1.807, 2.05) is 30.3 Å². The molecule has 268 valence electrons. The van der Waals surface area contributed by atoms with Crippen LogP contribution in [0.15, 0.2) is 73.3 Å². The molecule has 13 heteroatoms. The van der Waals surface area contributed by atoms with E-state index in [1.165, 1.54) is 36.4 Å². The van der Waals surface area contributed by atoms with E-state index in [0.717, 1.165) is 49.4 Å². The Hall–Kier alpha value is -4.32. The summed E-state index contributed by atoms with van der Waals surface area (Å²) >= 11 is 5.42. The van der Waals surface area contributed by atoms with E-state index < -0.39 is 5.97 Å². The van der Waals surface area contributed by atoms with Gasteiger partial charge in [-0.15, -0.1) is 12.4 Å². The van der Waals surface area contributed by atoms with Gasteiger partial charge in [0.25, 0.3) is 0 Å². The molecule has 0 amide bonds. The Labute approximate surface area is 304 Å². The van der Waals surface area contributed by atoms with E-state index in [4.69, 9.17) is 36.3 Å². The molecule has 0 aliphatic heterocycles. The fourth-order valence-corrected chi connectivity index (χ4v) is 5.70. The SMILES string of the molecule is CCOC(=O)c1cnc(CC2(c3cccc(OC)c3)CCC2)nc1.CCOC(=O)c1cnc(Cl)nc1.COc1cccc(C2(N)CCC2)c1.Cl. The van der Waals surface area contributed by atoms with Crippen LogP contribution in [0.5, 0.6) is 11.5 Å². The molecule has 4 aromatic rings. The predicted molar refractivity (Wildman–Crippen MR) is 193 cm³/mol. The number of nitrogens with zero attached hydrogens (tertiary/aromatic N) is 4. The van der Waals surface area contributed by atoms with Crippen molar-refractivity contribution < 1.29 is 28.5 Å². The third kappa shape index (κ3) is 10.6. The molecule has 2 heterocycles. The zero-order valence-electron chi connectivity index (χ0n) is 28.9. The average Bonchev–Trinajstić information content (AvgIpc) is 3.10. The minimum absolute atomic E-state index is 0. The molecule has 0 atom stereocenters. The van der Waals surface area contributed by atoms with Crippen LogP contribution in [0.1, 0.15) is 90.0 Å². The number of nitrogens with two attached hydrogens (primary N) is 1. The third-order valence-electron chi connectivity index (χ3n) is 8.73. The van der Waals surface area contributed by atoms with Crippen molar-refractivity contribution in [3.63, 3.8) is 0 Å². The highest BCUT2D eigenvalue weighted by atomic mass is 35.5. The van der Waals surface area contributed by atoms with Crippen LogP contribution in [0.2, 0.25) is 5.28 Å². The third-order valence-corrected chi connectivity index (χ3v) is 8.92. The molecule has 2 aromatic carbocycles. The zero-order chi connectivity index (χ0) is 35.3. The maximum atomic E-state index is 11.7. The Bertz CT molecular complexity index is 1670. The summed E-state index contributed by atoms with van der Waals surface area (Å²) in [5, 5.41) is 0.114. The molecule has 2 saturated carbocycles. The molecule has 6 rings (SSSR count). The fraction of sp³-hybridized carbons (Fsp3) is 0.405. The van der Waals surface area contributed by atoms with Crippen LogP contribution in [-0.4, -0.2) is 59.3 Å². The second-order valence-corrected chi connectivity index (χ2v) is 12.2. The number of rotatable bonds is 10. The van der Waals surface area contributed by atoms with Crippen molar-refractivity contribution in [2.45, 2.75) is 69.7 Å². The van der Waals surface area contributed by atoms with Crippen LogP contribution in [0, 0.1) is 0 Å². The second-order valence-electron chi connectivity index (χ2n) is 11.9. The Morgan fingerprint density at radius 1 is 0.740 bits per heavy atom. The molecule has 2 fully saturated rings. The number of methoxy groups -OCH3 is 2. The van der Waals surface area contributed by atoms with Gasteiger partial charge in [0.1, 0.15) is 17.3 Å². The zero-order valence-corrected chi connectivity index (χ0v) is 30.5. The first kappa shape index (κ1) is 40.1. The molecule has 2 N–H and O–H groups in total. The van der Waals surface area contributed by atoms with E-state index in [0.29, 0.717) is 24.3 Å². The van der Waals surface area contributed by atoms with E-state index >= 15 is 0 Å². The van der Waals surface area contributed by atoms with Crippen molar-refractivity contribution in [3.8, 4) is 11.5 Å². The maximum Gasteiger partial charge on any atom is 0.341 e. The van der Waals surface area contributed by atoms with E-state index in [9.17, 15) is 9.59 Å². The van der Waals surface area contributed by atoms with Crippen LogP contribution < -0.4 is 15.2 Å². The van der Waals surface area contributed by atoms with Crippen LogP contribution in [-0.2, 0) is 26.8 Å². The molecule has 11 nitrogen and oxygen atoms in total. The van der Waals surface area contributed by atoms with Crippen LogP contribution in [0.3, 0.4) is 0 Å². The van der Waals surface area contributed by atoms with Gasteiger partial charge in [0.15, 0.2) is 0 Å². The van der Waals surface area contributed by atoms with E-state index in [2.05, 4.69) is 38.1 Å². The first-order valence-electron chi connectivity index (χ1n) is 16.4. The molecule has 0 unspecified atom stereocenters. The van der Waals surface area contributed by atoms with Gasteiger partial charge in [-0.1, -0.05) is 30.7 Å². The van der Waals surface area contributed by atoms with Gasteiger partial charge in [-0.05, 0) is 92.9 Å². The first-order chi connectivity index (χ1) is 23.6. The van der Waals surface area contributed by atoms with E-state index in [1.54, 1.807) is 40.5 Å². The lowest BCUT2D eigenvalue weighted by Gasteiger charge is -2.42. The normalized spacial score (nSPS) is 14.7. The molecular formula is C37H45Cl2N5O6. The predicted octanol–water partition coefficient (Wildman–Crippen LogP) is 7.09. The standard InChI is InChI=1S/C19H22N2O3.C11H15NO.C7H7ClN2O2.ClH/c1-3-24-18(22)14-12-20-17(21-13-14)11-19(8-5-9-19)15-6-4-7-16(10-15)23-2;1-13-10-5-2-4-9(8-10)11(12)6-3-7-11;1-2-12-6(11)5-3-9-7(8)10-4-5;/h4,6-7,10,12-13H,3,5,8-9,11H2,1-2H3;2,4-5,8H,3,6-7,12H2,1H3;3-4H,2H2,1H3;1H. The van der Waals surface area contributed by atoms with Gasteiger partial charge >= 0.3 is 11.9 Å². The Kier molecular flexibility index (Phi) is 15.4. The summed E-state index contributed by atoms with van der Waals surface area (Å²) in [4.78, 5) is 38.7. The van der Waals surface area contributed by atoms with Crippen molar-refractivity contribution in [1.82, 2.24) is 19.9 Å². The molecule has 0 saturated heterocycles. The quantitative estimate of drug-likeness (QED) is 0.132. The number of hydrogen-bond acceptors (Lipinski definition) is 11. The van der Waals surface area contributed by atoms with Crippen LogP contribution in [0.4, 0.5) is 0 Å². The summed E-state index contributed by atoms with van der Waals surface area (Å²) in [5.74, 6) is 1.71. The summed E-state index contributed by atoms with van der Waals surface area (Å²) in [5.41, 5.74) is 9.36. The monoisotopic (exact) mass is 725 g/mol. The number of halogens is 2. The minimum Gasteiger partial charge on any atom is -0.497 e. The van der Waals surface area contributed by atoms with Crippen molar-refractivity contribution in [1.29, 1.82) is 0 Å². The van der Waals surface area contributed by atoms with Crippen molar-refractivity contribution in [2.24, 2.45) is 5.73 Å². The smallest absolute Gasteiger partial charge is 0.341 e. The van der Waals surface area contributed by atoms with Crippen LogP contribution in [0.25, 0.3) is 0 Å². The van der Waals surface area contributed by atoms with Gasteiger partial charge < -0.3 is 24.7 Å². The molecule has 50 heavy (non-hydrogen) atoms. The molecule has 2 aromatic heterocycles. The van der Waals surface area contributed by atoms with Crippen LogP contribution >= 0.6 is 24.0 Å². The Balaban J connectivity index is 0.000000220. The highest BCUT2D eigenvalue weighted by molar-refractivity contribution is 6.28. The summed E-state index contributed by atoms with van der Waals surface area (Å²) in [6, 6.07) is 16.3. The number of carbonyl (C=O) groups is 2. The number of aromatic nitrogens is 4. The summed E-state index contributed by atoms with van der Waals surface area (Å²) in [6.07, 6.45) is 13.4. The molecule has 2 aliphatic carbocycles. The fourth-order valence-electron chi connectivity index (χ4n) is 5.60. The summed E-state index contributed by atoms with van der Waals surface area (Å²) in [7, 11) is 3.37. The molecule has 2 aliphatic rings. The minimum atomic E-state index is -0.436. The van der Waals surface area contributed by atoms with Crippen molar-refractivity contribution >= 4 is 35.9 Å². The highest BCUT2D eigenvalue weighted by Gasteiger charge is 2.39. The molecule has 0 spiro atoms. The maximum absolute atomic E-state index is 11.7. The highest BCUT2D eigenvalue weighted by Crippen LogP contribution is 2.46. The Morgan fingerprint density at radius 3 is 1.62 bits per heavy atom. The number of hydrogen-bond donors (Lipinski definition) is 1. The van der Waals surface area contributed by atoms with Crippen molar-refractivity contribution in [3.05, 3.63) is 107 Å². The lowest BCUT2D eigenvalue weighted by atomic mass is 9.62. The molecule has 0 radical (unpaired) electrons. The summed E-state index contributed by atoms with van der Waals surface area (Å²) in [6.45, 7) is 4.19. The van der Waals surface area contributed by atoms with Crippen molar-refractivity contribution in [2.75, 3.05) is 27.4 Å². The van der Waals surface area contributed by atoms with Gasteiger partial charge in [-0.25, -0.2) is 29.5 Å². The largest absolute Gasteiger partial charge is 0.497 e.